The van der Waals surface area contributed by atoms with Gasteiger partial charge in [0, 0.05) is 13.7 Å². The second-order valence-electron chi connectivity index (χ2n) is 6.82. The minimum atomic E-state index is 0.854. The molecule has 0 aromatic heterocycles. The van der Waals surface area contributed by atoms with E-state index in [0.29, 0.717) is 0 Å². The Bertz CT molecular complexity index is 255. The molecule has 1 heteroatoms. The number of hydrogen-bond donors (Lipinski definition) is 0. The molecule has 2 saturated carbocycles. The van der Waals surface area contributed by atoms with Crippen LogP contribution in [0.4, 0.5) is 0 Å². The smallest absolute Gasteiger partial charge is 0.0490 e. The van der Waals surface area contributed by atoms with Crippen molar-refractivity contribution < 1.29 is 4.74 Å². The third-order valence-electron chi connectivity index (χ3n) is 5.56. The Kier molecular flexibility index (Phi) is 6.43. The number of ether oxygens (including phenoxy) is 1. The molecule has 0 unspecified atom stereocenters. The van der Waals surface area contributed by atoms with Crippen molar-refractivity contribution in [2.45, 2.75) is 64.7 Å². The zero-order chi connectivity index (χ0) is 13.5. The van der Waals surface area contributed by atoms with Crippen molar-refractivity contribution in [2.75, 3.05) is 13.7 Å². The molecular weight excluding hydrogens is 232 g/mol. The topological polar surface area (TPSA) is 9.23 Å². The summed E-state index contributed by atoms with van der Waals surface area (Å²) in [5.41, 5.74) is 0. The first kappa shape index (κ1) is 15.1. The van der Waals surface area contributed by atoms with Gasteiger partial charge in [0.1, 0.15) is 0 Å². The minimum absolute atomic E-state index is 0.854. The summed E-state index contributed by atoms with van der Waals surface area (Å²) in [6.45, 7) is 3.13. The monoisotopic (exact) mass is 264 g/mol. The number of rotatable bonds is 5. The van der Waals surface area contributed by atoms with Gasteiger partial charge in [-0.25, -0.2) is 0 Å². The van der Waals surface area contributed by atoms with Crippen LogP contribution >= 0.6 is 0 Å². The van der Waals surface area contributed by atoms with Crippen LogP contribution < -0.4 is 0 Å². The van der Waals surface area contributed by atoms with E-state index in [-0.39, 0.29) is 0 Å². The van der Waals surface area contributed by atoms with E-state index in [1.807, 2.05) is 7.11 Å². The zero-order valence-corrected chi connectivity index (χ0v) is 12.9. The van der Waals surface area contributed by atoms with Crippen molar-refractivity contribution >= 4 is 0 Å². The molecule has 0 heterocycles. The highest BCUT2D eigenvalue weighted by Crippen LogP contribution is 2.42. The minimum Gasteiger partial charge on any atom is -0.384 e. The lowest BCUT2D eigenvalue weighted by Gasteiger charge is -2.37. The molecule has 19 heavy (non-hydrogen) atoms. The predicted molar refractivity (Wildman–Crippen MR) is 82.2 cm³/mol. The maximum absolute atomic E-state index is 5.31. The molecule has 2 aliphatic carbocycles. The largest absolute Gasteiger partial charge is 0.384 e. The lowest BCUT2D eigenvalue weighted by Crippen LogP contribution is -2.26. The summed E-state index contributed by atoms with van der Waals surface area (Å²) in [6, 6.07) is 0. The van der Waals surface area contributed by atoms with Crippen LogP contribution in [0.3, 0.4) is 0 Å². The molecular formula is C18H32O. The lowest BCUT2D eigenvalue weighted by molar-refractivity contribution is 0.0935. The molecule has 1 nitrogen and oxygen atoms in total. The Hall–Kier alpha value is -0.300. The third-order valence-corrected chi connectivity index (χ3v) is 5.56. The normalized spacial score (nSPS) is 36.7. The molecule has 0 atom stereocenters. The van der Waals surface area contributed by atoms with Crippen LogP contribution in [-0.4, -0.2) is 13.7 Å². The van der Waals surface area contributed by atoms with Gasteiger partial charge in [0.2, 0.25) is 0 Å². The van der Waals surface area contributed by atoms with Crippen LogP contribution in [0.1, 0.15) is 64.7 Å². The van der Waals surface area contributed by atoms with Crippen molar-refractivity contribution in [3.05, 3.63) is 12.2 Å². The second-order valence-corrected chi connectivity index (χ2v) is 6.82. The van der Waals surface area contributed by atoms with Gasteiger partial charge in [0.25, 0.3) is 0 Å². The van der Waals surface area contributed by atoms with Gasteiger partial charge in [-0.15, -0.1) is 0 Å². The van der Waals surface area contributed by atoms with Gasteiger partial charge in [0.15, 0.2) is 0 Å². The Morgan fingerprint density at radius 2 is 1.37 bits per heavy atom. The maximum atomic E-state index is 5.31. The first-order chi connectivity index (χ1) is 9.33. The summed E-state index contributed by atoms with van der Waals surface area (Å²) in [4.78, 5) is 0. The van der Waals surface area contributed by atoms with Gasteiger partial charge in [-0.05, 0) is 88.4 Å². The summed E-state index contributed by atoms with van der Waals surface area (Å²) in [6.07, 6.45) is 17.6. The van der Waals surface area contributed by atoms with Crippen LogP contribution in [0.5, 0.6) is 0 Å². The highest BCUT2D eigenvalue weighted by atomic mass is 16.5. The average molecular weight is 264 g/mol. The van der Waals surface area contributed by atoms with Gasteiger partial charge in [0.05, 0.1) is 0 Å². The molecule has 110 valence electrons. The number of allylic oxidation sites excluding steroid dienone is 2. The van der Waals surface area contributed by atoms with Crippen LogP contribution in [0, 0.1) is 23.7 Å². The van der Waals surface area contributed by atoms with Crippen LogP contribution in [0.2, 0.25) is 0 Å². The van der Waals surface area contributed by atoms with Gasteiger partial charge >= 0.3 is 0 Å². The molecule has 2 rings (SSSR count). The summed E-state index contributed by atoms with van der Waals surface area (Å²) in [5, 5.41) is 0. The number of methoxy groups -OCH3 is 1. The fourth-order valence-electron chi connectivity index (χ4n) is 4.29. The molecule has 0 saturated heterocycles. The van der Waals surface area contributed by atoms with E-state index in [2.05, 4.69) is 19.1 Å². The van der Waals surface area contributed by atoms with Gasteiger partial charge in [-0.2, -0.15) is 0 Å². The zero-order valence-electron chi connectivity index (χ0n) is 12.9. The van der Waals surface area contributed by atoms with Crippen LogP contribution in [0.25, 0.3) is 0 Å². The van der Waals surface area contributed by atoms with Crippen molar-refractivity contribution in [1.29, 1.82) is 0 Å². The maximum Gasteiger partial charge on any atom is 0.0490 e. The van der Waals surface area contributed by atoms with Gasteiger partial charge < -0.3 is 4.74 Å². The van der Waals surface area contributed by atoms with E-state index in [1.165, 1.54) is 57.8 Å². The molecule has 2 fully saturated rings. The Morgan fingerprint density at radius 1 is 0.842 bits per heavy atom. The first-order valence-corrected chi connectivity index (χ1v) is 8.43. The molecule has 0 bridgehead atoms. The van der Waals surface area contributed by atoms with E-state index in [1.54, 1.807) is 0 Å². The van der Waals surface area contributed by atoms with E-state index in [4.69, 9.17) is 4.74 Å². The highest BCUT2D eigenvalue weighted by Gasteiger charge is 2.30. The Balaban J connectivity index is 1.68. The fraction of sp³-hybridized carbons (Fsp3) is 0.889. The van der Waals surface area contributed by atoms with Crippen molar-refractivity contribution in [3.8, 4) is 0 Å². The van der Waals surface area contributed by atoms with Crippen molar-refractivity contribution in [3.63, 3.8) is 0 Å². The summed E-state index contributed by atoms with van der Waals surface area (Å²) >= 11 is 0. The SMILES string of the molecule is C/C=C/CC1CCC(C2CCC(COC)CC2)CC1. The Morgan fingerprint density at radius 3 is 1.84 bits per heavy atom. The van der Waals surface area contributed by atoms with Gasteiger partial charge in [-0.1, -0.05) is 12.2 Å². The molecule has 0 aromatic carbocycles. The third kappa shape index (κ3) is 4.63. The first-order valence-electron chi connectivity index (χ1n) is 8.43. The molecule has 0 aromatic rings. The predicted octanol–water partition coefficient (Wildman–Crippen LogP) is 5.21. The second kappa shape index (κ2) is 8.09. The van der Waals surface area contributed by atoms with Gasteiger partial charge in [-0.3, -0.25) is 0 Å². The van der Waals surface area contributed by atoms with Crippen LogP contribution in [-0.2, 0) is 4.74 Å². The Labute approximate surface area is 119 Å². The van der Waals surface area contributed by atoms with Crippen molar-refractivity contribution in [2.24, 2.45) is 23.7 Å². The number of hydrogen-bond acceptors (Lipinski definition) is 1. The summed E-state index contributed by atoms with van der Waals surface area (Å²) in [5.74, 6) is 3.92. The quantitative estimate of drug-likeness (QED) is 0.619. The van der Waals surface area contributed by atoms with E-state index < -0.39 is 0 Å². The molecule has 0 spiro atoms. The van der Waals surface area contributed by atoms with E-state index in [9.17, 15) is 0 Å². The van der Waals surface area contributed by atoms with Crippen LogP contribution in [0.15, 0.2) is 12.2 Å². The molecule has 2 aliphatic rings. The molecule has 0 radical (unpaired) electrons. The lowest BCUT2D eigenvalue weighted by atomic mass is 9.69. The molecule has 0 N–H and O–H groups in total. The summed E-state index contributed by atoms with van der Waals surface area (Å²) in [7, 11) is 1.85. The summed E-state index contributed by atoms with van der Waals surface area (Å²) < 4.78 is 5.31. The average Bonchev–Trinajstić information content (AvgIpc) is 2.47. The highest BCUT2D eigenvalue weighted by molar-refractivity contribution is 4.86. The van der Waals surface area contributed by atoms with E-state index >= 15 is 0 Å². The van der Waals surface area contributed by atoms with E-state index in [0.717, 1.165) is 30.3 Å². The van der Waals surface area contributed by atoms with Crippen molar-refractivity contribution in [1.82, 2.24) is 0 Å². The standard InChI is InChI=1S/C18H32O/c1-3-4-5-15-6-10-17(11-7-15)18-12-8-16(9-13-18)14-19-2/h3-4,15-18H,5-14H2,1-2H3/b4-3+. The molecule has 0 amide bonds. The molecule has 0 aliphatic heterocycles. The fourth-order valence-corrected chi connectivity index (χ4v) is 4.29.